The topological polar surface area (TPSA) is 122 Å². The highest BCUT2D eigenvalue weighted by Gasteiger charge is 2.39. The second-order valence-electron chi connectivity index (χ2n) is 12.8. The Morgan fingerprint density at radius 1 is 0.933 bits per heavy atom. The molecular formula is C35H36N4O5S. The first-order valence-electron chi connectivity index (χ1n) is 15.1. The second-order valence-corrected chi connectivity index (χ2v) is 13.8. The number of rotatable bonds is 10. The molecule has 232 valence electrons. The summed E-state index contributed by atoms with van der Waals surface area (Å²) in [4.78, 5) is 50.2. The highest BCUT2D eigenvalue weighted by Crippen LogP contribution is 2.31. The van der Waals surface area contributed by atoms with Crippen LogP contribution in [0.2, 0.25) is 0 Å². The zero-order chi connectivity index (χ0) is 31.7. The molecule has 9 nitrogen and oxygen atoms in total. The van der Waals surface area contributed by atoms with E-state index < -0.39 is 17.9 Å². The molecule has 1 unspecified atom stereocenters. The third kappa shape index (κ3) is 7.23. The third-order valence-electron chi connectivity index (χ3n) is 8.03. The number of carbonyl (C=O) groups is 3. The standard InChI is InChI=1S/C35H36N4O5S/c1-35(2,3)30-15-14-29(45-30)32(40)38-28(33(41)39-19-25(20-39)34(42)43)16-21-4-6-23(7-5-21)31-36-17-24(18-37-31)22-8-10-26(11-9-22)44-27-12-13-27/h4-11,14-15,17-18,25,27-28H,12-13,16,19-20H2,1-3H3,(H,38,40)(H,42,43). The van der Waals surface area contributed by atoms with Gasteiger partial charge in [0.25, 0.3) is 5.91 Å². The molecule has 3 heterocycles. The van der Waals surface area contributed by atoms with Gasteiger partial charge in [0.15, 0.2) is 5.82 Å². The van der Waals surface area contributed by atoms with E-state index in [9.17, 15) is 19.5 Å². The fourth-order valence-electron chi connectivity index (χ4n) is 5.08. The predicted octanol–water partition coefficient (Wildman–Crippen LogP) is 5.59. The fourth-order valence-corrected chi connectivity index (χ4v) is 6.05. The minimum absolute atomic E-state index is 0.0935. The van der Waals surface area contributed by atoms with Crippen molar-refractivity contribution in [1.29, 1.82) is 0 Å². The molecule has 1 aliphatic carbocycles. The molecule has 6 rings (SSSR count). The number of aliphatic carboxylic acids is 1. The van der Waals surface area contributed by atoms with E-state index in [1.807, 2.05) is 54.6 Å². The first-order chi connectivity index (χ1) is 21.5. The quantitative estimate of drug-likeness (QED) is 0.236. The smallest absolute Gasteiger partial charge is 0.310 e. The molecule has 45 heavy (non-hydrogen) atoms. The number of carbonyl (C=O) groups excluding carboxylic acids is 2. The van der Waals surface area contributed by atoms with Crippen LogP contribution in [-0.4, -0.2) is 63.0 Å². The average Bonchev–Trinajstić information content (AvgIpc) is 3.65. The molecule has 2 amide bonds. The first kappa shape index (κ1) is 30.5. The van der Waals surface area contributed by atoms with Gasteiger partial charge >= 0.3 is 5.97 Å². The van der Waals surface area contributed by atoms with Crippen LogP contribution in [0.15, 0.2) is 73.1 Å². The number of nitrogens with one attached hydrogen (secondary N) is 1. The summed E-state index contributed by atoms with van der Waals surface area (Å²) in [5.74, 6) is -0.660. The summed E-state index contributed by atoms with van der Waals surface area (Å²) in [6.07, 6.45) is 6.45. The number of hydrogen-bond donors (Lipinski definition) is 2. The molecule has 0 spiro atoms. The number of hydrogen-bond acceptors (Lipinski definition) is 7. The first-order valence-corrected chi connectivity index (χ1v) is 16.0. The van der Waals surface area contributed by atoms with E-state index in [2.05, 4.69) is 36.1 Å². The molecule has 10 heteroatoms. The maximum Gasteiger partial charge on any atom is 0.310 e. The van der Waals surface area contributed by atoms with Gasteiger partial charge in [-0.25, -0.2) is 9.97 Å². The number of carboxylic acid groups (broad SMARTS) is 1. The number of benzene rings is 2. The molecule has 1 saturated carbocycles. The third-order valence-corrected chi connectivity index (χ3v) is 9.54. The maximum atomic E-state index is 13.4. The van der Waals surface area contributed by atoms with Crippen LogP contribution in [0.1, 0.15) is 53.7 Å². The Hall–Kier alpha value is -4.57. The minimum atomic E-state index is -0.921. The van der Waals surface area contributed by atoms with Gasteiger partial charge in [-0.15, -0.1) is 11.3 Å². The predicted molar refractivity (Wildman–Crippen MR) is 172 cm³/mol. The van der Waals surface area contributed by atoms with Crippen molar-refractivity contribution in [2.75, 3.05) is 13.1 Å². The molecule has 1 saturated heterocycles. The summed E-state index contributed by atoms with van der Waals surface area (Å²) in [6.45, 7) is 6.53. The number of likely N-dealkylation sites (tertiary alicyclic amines) is 1. The molecule has 2 aromatic heterocycles. The number of ether oxygens (including phenoxy) is 1. The minimum Gasteiger partial charge on any atom is -0.490 e. The van der Waals surface area contributed by atoms with E-state index in [1.54, 1.807) is 18.5 Å². The number of thiophene rings is 1. The van der Waals surface area contributed by atoms with Crippen LogP contribution in [0.25, 0.3) is 22.5 Å². The van der Waals surface area contributed by atoms with Crippen LogP contribution < -0.4 is 10.1 Å². The summed E-state index contributed by atoms with van der Waals surface area (Å²) in [5, 5.41) is 12.2. The van der Waals surface area contributed by atoms with Crippen molar-refractivity contribution in [3.05, 3.63) is 88.4 Å². The van der Waals surface area contributed by atoms with Gasteiger partial charge < -0.3 is 20.1 Å². The summed E-state index contributed by atoms with van der Waals surface area (Å²) in [7, 11) is 0. The molecule has 2 N–H and O–H groups in total. The van der Waals surface area contributed by atoms with Crippen LogP contribution in [0.3, 0.4) is 0 Å². The van der Waals surface area contributed by atoms with Gasteiger partial charge in [0.05, 0.1) is 16.9 Å². The molecule has 0 radical (unpaired) electrons. The van der Waals surface area contributed by atoms with Crippen LogP contribution in [0.5, 0.6) is 5.75 Å². The van der Waals surface area contributed by atoms with E-state index in [1.165, 1.54) is 16.2 Å². The fraction of sp³-hybridized carbons (Fsp3) is 0.343. The monoisotopic (exact) mass is 624 g/mol. The summed E-state index contributed by atoms with van der Waals surface area (Å²) < 4.78 is 5.83. The molecule has 1 atom stereocenters. The van der Waals surface area contributed by atoms with E-state index >= 15 is 0 Å². The molecule has 1 aliphatic heterocycles. The Morgan fingerprint density at radius 2 is 1.58 bits per heavy atom. The number of nitrogens with zero attached hydrogens (tertiary/aromatic N) is 3. The van der Waals surface area contributed by atoms with E-state index in [0.29, 0.717) is 16.8 Å². The van der Waals surface area contributed by atoms with E-state index in [-0.39, 0.29) is 36.7 Å². The van der Waals surface area contributed by atoms with Gasteiger partial charge in [-0.05, 0) is 53.6 Å². The van der Waals surface area contributed by atoms with Gasteiger partial charge in [0.2, 0.25) is 5.91 Å². The van der Waals surface area contributed by atoms with Crippen molar-refractivity contribution in [1.82, 2.24) is 20.2 Å². The average molecular weight is 625 g/mol. The number of aromatic nitrogens is 2. The van der Waals surface area contributed by atoms with Crippen molar-refractivity contribution in [2.24, 2.45) is 5.92 Å². The van der Waals surface area contributed by atoms with Gasteiger partial charge in [-0.2, -0.15) is 0 Å². The van der Waals surface area contributed by atoms with Crippen molar-refractivity contribution >= 4 is 29.1 Å². The van der Waals surface area contributed by atoms with E-state index in [0.717, 1.165) is 45.7 Å². The summed E-state index contributed by atoms with van der Waals surface area (Å²) in [6, 6.07) is 18.4. The molecule has 2 fully saturated rings. The number of carboxylic acids is 1. The SMILES string of the molecule is CC(C)(C)c1ccc(C(=O)NC(Cc2ccc(-c3ncc(-c4ccc(OC5CC5)cc4)cn3)cc2)C(=O)N2CC(C(=O)O)C2)s1. The maximum absolute atomic E-state index is 13.4. The summed E-state index contributed by atoms with van der Waals surface area (Å²) >= 11 is 1.41. The van der Waals surface area contributed by atoms with Crippen molar-refractivity contribution in [3.63, 3.8) is 0 Å². The molecular weight excluding hydrogens is 588 g/mol. The second kappa shape index (κ2) is 12.4. The largest absolute Gasteiger partial charge is 0.490 e. The van der Waals surface area contributed by atoms with E-state index in [4.69, 9.17) is 4.74 Å². The van der Waals surface area contributed by atoms with Crippen LogP contribution >= 0.6 is 11.3 Å². The Morgan fingerprint density at radius 3 is 2.16 bits per heavy atom. The molecule has 2 aliphatic rings. The highest BCUT2D eigenvalue weighted by molar-refractivity contribution is 7.14. The van der Waals surface area contributed by atoms with Crippen LogP contribution in [0, 0.1) is 5.92 Å². The number of amides is 2. The van der Waals surface area contributed by atoms with Gasteiger partial charge in [0.1, 0.15) is 11.8 Å². The molecule has 0 bridgehead atoms. The molecule has 4 aromatic rings. The van der Waals surface area contributed by atoms with Crippen molar-refractivity contribution < 1.29 is 24.2 Å². The van der Waals surface area contributed by atoms with Gasteiger partial charge in [-0.1, -0.05) is 57.2 Å². The normalized spacial score (nSPS) is 15.7. The van der Waals surface area contributed by atoms with Crippen molar-refractivity contribution in [3.8, 4) is 28.3 Å². The lowest BCUT2D eigenvalue weighted by Gasteiger charge is -2.38. The summed E-state index contributed by atoms with van der Waals surface area (Å²) in [5.41, 5.74) is 3.49. The van der Waals surface area contributed by atoms with Crippen LogP contribution in [0.4, 0.5) is 0 Å². The van der Waals surface area contributed by atoms with Crippen molar-refractivity contribution in [2.45, 2.75) is 57.6 Å². The van der Waals surface area contributed by atoms with Gasteiger partial charge in [0, 0.05) is 47.9 Å². The Kier molecular flexibility index (Phi) is 8.42. The lowest BCUT2D eigenvalue weighted by molar-refractivity contribution is -0.153. The molecule has 2 aromatic carbocycles. The highest BCUT2D eigenvalue weighted by atomic mass is 32.1. The zero-order valence-corrected chi connectivity index (χ0v) is 26.3. The zero-order valence-electron chi connectivity index (χ0n) is 25.5. The lowest BCUT2D eigenvalue weighted by atomic mass is 9.95. The van der Waals surface area contributed by atoms with Crippen LogP contribution in [-0.2, 0) is 21.4 Å². The Labute approximate surface area is 266 Å². The Bertz CT molecular complexity index is 1680. The van der Waals surface area contributed by atoms with Gasteiger partial charge in [-0.3, -0.25) is 14.4 Å². The lowest BCUT2D eigenvalue weighted by Crippen LogP contribution is -2.59. The Balaban J connectivity index is 1.13.